The number of carbonyl (C=O) groups excluding carboxylic acids is 2. The molecule has 5 nitrogen and oxygen atoms in total. The van der Waals surface area contributed by atoms with Gasteiger partial charge in [-0.3, -0.25) is 9.59 Å². The van der Waals surface area contributed by atoms with Gasteiger partial charge in [-0.15, -0.1) is 0 Å². The first-order valence-corrected chi connectivity index (χ1v) is 11.0. The van der Waals surface area contributed by atoms with E-state index in [0.717, 1.165) is 16.7 Å². The number of aliphatic hydroxyl groups is 1. The van der Waals surface area contributed by atoms with Crippen molar-refractivity contribution < 1.29 is 14.7 Å². The molecule has 0 bridgehead atoms. The Balaban J connectivity index is 1.39. The number of aliphatic hydroxyl groups excluding tert-OH is 1. The Labute approximate surface area is 187 Å². The number of amides is 2. The third-order valence-corrected chi connectivity index (χ3v) is 6.71. The Morgan fingerprint density at radius 3 is 2.41 bits per heavy atom. The lowest BCUT2D eigenvalue weighted by molar-refractivity contribution is -0.159. The minimum absolute atomic E-state index is 0.00174. The lowest BCUT2D eigenvalue weighted by Gasteiger charge is -2.58. The number of piperazine rings is 1. The van der Waals surface area contributed by atoms with Crippen molar-refractivity contribution in [3.8, 4) is 11.1 Å². The van der Waals surface area contributed by atoms with Gasteiger partial charge in [-0.05, 0) is 35.7 Å². The smallest absolute Gasteiger partial charge is 0.254 e. The monoisotopic (exact) mass is 426 g/mol. The van der Waals surface area contributed by atoms with Gasteiger partial charge in [0.1, 0.15) is 6.54 Å². The van der Waals surface area contributed by atoms with Crippen LogP contribution in [0.2, 0.25) is 0 Å². The zero-order valence-corrected chi connectivity index (χ0v) is 18.0. The van der Waals surface area contributed by atoms with E-state index in [9.17, 15) is 14.7 Å². The summed E-state index contributed by atoms with van der Waals surface area (Å²) in [5, 5.41) is 10.0. The summed E-state index contributed by atoms with van der Waals surface area (Å²) in [6.45, 7) is 2.52. The number of hydrogen-bond acceptors (Lipinski definition) is 3. The molecule has 1 N–H and O–H groups in total. The fourth-order valence-electron chi connectivity index (χ4n) is 5.14. The summed E-state index contributed by atoms with van der Waals surface area (Å²) < 4.78 is 0. The van der Waals surface area contributed by atoms with Crippen molar-refractivity contribution in [1.29, 1.82) is 0 Å². The second-order valence-corrected chi connectivity index (χ2v) is 8.69. The maximum absolute atomic E-state index is 13.0. The van der Waals surface area contributed by atoms with Gasteiger partial charge in [0.15, 0.2) is 0 Å². The number of fused-ring (bicyclic) bond motifs is 1. The van der Waals surface area contributed by atoms with Gasteiger partial charge in [-0.1, -0.05) is 72.3 Å². The number of rotatable bonds is 4. The Kier molecular flexibility index (Phi) is 5.27. The van der Waals surface area contributed by atoms with Crippen LogP contribution in [0.4, 0.5) is 0 Å². The summed E-state index contributed by atoms with van der Waals surface area (Å²) >= 11 is 0. The molecule has 0 aromatic heterocycles. The van der Waals surface area contributed by atoms with E-state index in [0.29, 0.717) is 12.1 Å². The fraction of sp³-hybridized carbons (Fsp3) is 0.259. The summed E-state index contributed by atoms with van der Waals surface area (Å²) in [6, 6.07) is 25.5. The van der Waals surface area contributed by atoms with E-state index in [1.54, 1.807) is 21.9 Å². The van der Waals surface area contributed by atoms with E-state index >= 15 is 0 Å². The van der Waals surface area contributed by atoms with E-state index in [1.807, 2.05) is 18.2 Å². The first-order chi connectivity index (χ1) is 15.6. The van der Waals surface area contributed by atoms with Crippen molar-refractivity contribution in [2.75, 3.05) is 19.7 Å². The highest BCUT2D eigenvalue weighted by Gasteiger charge is 2.54. The van der Waals surface area contributed by atoms with Crippen LogP contribution in [-0.2, 0) is 4.79 Å². The van der Waals surface area contributed by atoms with E-state index in [4.69, 9.17) is 0 Å². The average Bonchev–Trinajstić information content (AvgIpc) is 2.81. The summed E-state index contributed by atoms with van der Waals surface area (Å²) in [4.78, 5) is 29.2. The molecule has 2 heterocycles. The standard InChI is InChI=1S/C27H26N2O3/c1-18-6-5-9-22(14-18)19-10-12-20(13-11-19)26-23-15-28(16-25(31)29(23)24(26)17-30)27(32)21-7-3-2-4-8-21/h2-14,23-24,26,30H,15-17H2,1H3/t23-,24+,26-/m0/s1. The van der Waals surface area contributed by atoms with Crippen molar-refractivity contribution in [2.45, 2.75) is 24.9 Å². The van der Waals surface area contributed by atoms with Gasteiger partial charge in [-0.25, -0.2) is 0 Å². The summed E-state index contributed by atoms with van der Waals surface area (Å²) in [5.74, 6) is -0.223. The Morgan fingerprint density at radius 2 is 1.72 bits per heavy atom. The van der Waals surface area contributed by atoms with Gasteiger partial charge in [0, 0.05) is 18.0 Å². The molecule has 0 radical (unpaired) electrons. The molecule has 2 aliphatic rings. The maximum atomic E-state index is 13.0. The van der Waals surface area contributed by atoms with Crippen LogP contribution < -0.4 is 0 Å². The van der Waals surface area contributed by atoms with Crippen LogP contribution in [0.1, 0.15) is 27.4 Å². The highest BCUT2D eigenvalue weighted by molar-refractivity contribution is 5.97. The number of hydrogen-bond donors (Lipinski definition) is 1. The van der Waals surface area contributed by atoms with Gasteiger partial charge in [0.05, 0.1) is 18.7 Å². The molecule has 162 valence electrons. The lowest BCUT2D eigenvalue weighted by Crippen LogP contribution is -2.73. The quantitative estimate of drug-likeness (QED) is 0.695. The Bertz CT molecular complexity index is 1140. The molecular formula is C27H26N2O3. The molecule has 3 atom stereocenters. The molecule has 3 aromatic carbocycles. The van der Waals surface area contributed by atoms with Gasteiger partial charge in [0.2, 0.25) is 5.91 Å². The minimum Gasteiger partial charge on any atom is -0.394 e. The number of benzene rings is 3. The van der Waals surface area contributed by atoms with Gasteiger partial charge < -0.3 is 14.9 Å². The van der Waals surface area contributed by atoms with Crippen LogP contribution in [0.3, 0.4) is 0 Å². The zero-order valence-electron chi connectivity index (χ0n) is 18.0. The van der Waals surface area contributed by atoms with Crippen molar-refractivity contribution >= 4 is 11.8 Å². The third kappa shape index (κ3) is 3.49. The van der Waals surface area contributed by atoms with Gasteiger partial charge in [-0.2, -0.15) is 0 Å². The van der Waals surface area contributed by atoms with E-state index in [2.05, 4.69) is 55.5 Å². The molecule has 5 rings (SSSR count). The number of nitrogens with zero attached hydrogens (tertiary/aromatic N) is 2. The predicted molar refractivity (Wildman–Crippen MR) is 123 cm³/mol. The molecule has 2 aliphatic heterocycles. The van der Waals surface area contributed by atoms with E-state index in [-0.39, 0.29) is 43.0 Å². The average molecular weight is 427 g/mol. The maximum Gasteiger partial charge on any atom is 0.254 e. The predicted octanol–water partition coefficient (Wildman–Crippen LogP) is 3.47. The molecule has 0 spiro atoms. The van der Waals surface area contributed by atoms with Crippen LogP contribution in [0.25, 0.3) is 11.1 Å². The molecular weight excluding hydrogens is 400 g/mol. The van der Waals surface area contributed by atoms with E-state index in [1.165, 1.54) is 5.56 Å². The Hall–Kier alpha value is -3.44. The lowest BCUT2D eigenvalue weighted by atomic mass is 9.73. The Morgan fingerprint density at radius 1 is 0.969 bits per heavy atom. The zero-order chi connectivity index (χ0) is 22.2. The third-order valence-electron chi connectivity index (χ3n) is 6.71. The first kappa shape index (κ1) is 20.5. The normalized spacial score (nSPS) is 22.3. The SMILES string of the molecule is Cc1cccc(-c2ccc([C@@H]3[C@@H](CO)N4C(=O)CN(C(=O)c5ccccc5)C[C@@H]34)cc2)c1. The molecule has 2 amide bonds. The van der Waals surface area contributed by atoms with Crippen molar-refractivity contribution in [3.05, 3.63) is 95.6 Å². The van der Waals surface area contributed by atoms with Crippen molar-refractivity contribution in [1.82, 2.24) is 9.80 Å². The minimum atomic E-state index is -0.244. The molecule has 0 saturated carbocycles. The van der Waals surface area contributed by atoms with Gasteiger partial charge in [0.25, 0.3) is 5.91 Å². The van der Waals surface area contributed by atoms with Gasteiger partial charge >= 0.3 is 0 Å². The summed E-state index contributed by atoms with van der Waals surface area (Å²) in [6.07, 6.45) is 0. The number of aryl methyl sites for hydroxylation is 1. The second kappa shape index (κ2) is 8.24. The molecule has 2 saturated heterocycles. The highest BCUT2D eigenvalue weighted by Crippen LogP contribution is 2.43. The fourth-order valence-corrected chi connectivity index (χ4v) is 5.14. The van der Waals surface area contributed by atoms with Crippen LogP contribution in [-0.4, -0.2) is 58.5 Å². The molecule has 0 aliphatic carbocycles. The van der Waals surface area contributed by atoms with E-state index < -0.39 is 0 Å². The van der Waals surface area contributed by atoms with Crippen LogP contribution in [0.15, 0.2) is 78.9 Å². The van der Waals surface area contributed by atoms with Crippen molar-refractivity contribution in [2.24, 2.45) is 0 Å². The number of carbonyl (C=O) groups is 2. The largest absolute Gasteiger partial charge is 0.394 e. The molecule has 2 fully saturated rings. The molecule has 32 heavy (non-hydrogen) atoms. The first-order valence-electron chi connectivity index (χ1n) is 11.0. The summed E-state index contributed by atoms with van der Waals surface area (Å²) in [7, 11) is 0. The van der Waals surface area contributed by atoms with Crippen LogP contribution in [0.5, 0.6) is 0 Å². The van der Waals surface area contributed by atoms with Crippen molar-refractivity contribution in [3.63, 3.8) is 0 Å². The van der Waals surface area contributed by atoms with Crippen LogP contribution >= 0.6 is 0 Å². The summed E-state index contributed by atoms with van der Waals surface area (Å²) in [5.41, 5.74) is 5.19. The molecule has 0 unspecified atom stereocenters. The molecule has 5 heteroatoms. The topological polar surface area (TPSA) is 60.9 Å². The molecule has 3 aromatic rings. The highest BCUT2D eigenvalue weighted by atomic mass is 16.3. The van der Waals surface area contributed by atoms with Crippen LogP contribution in [0, 0.1) is 6.92 Å². The second-order valence-electron chi connectivity index (χ2n) is 8.69.